The number of benzene rings is 1. The van der Waals surface area contributed by atoms with Gasteiger partial charge in [0.25, 0.3) is 5.91 Å². The first-order chi connectivity index (χ1) is 13.1. The van der Waals surface area contributed by atoms with Gasteiger partial charge in [-0.2, -0.15) is 0 Å². The molecule has 3 heterocycles. The fourth-order valence-electron chi connectivity index (χ4n) is 3.56. The van der Waals surface area contributed by atoms with Crippen molar-refractivity contribution in [2.45, 2.75) is 18.5 Å². The number of hydrazine groups is 1. The van der Waals surface area contributed by atoms with Crippen molar-refractivity contribution < 1.29 is 14.0 Å². The molecule has 0 aliphatic carbocycles. The van der Waals surface area contributed by atoms with Gasteiger partial charge < -0.3 is 14.2 Å². The summed E-state index contributed by atoms with van der Waals surface area (Å²) in [6.07, 6.45) is 0.711. The van der Waals surface area contributed by atoms with E-state index in [2.05, 4.69) is 38.9 Å². The molecule has 2 amide bonds. The van der Waals surface area contributed by atoms with Gasteiger partial charge in [-0.25, -0.2) is 10.9 Å². The molecule has 8 heteroatoms. The molecule has 0 bridgehead atoms. The topological polar surface area (TPSA) is 77.8 Å². The van der Waals surface area contributed by atoms with Crippen molar-refractivity contribution in [2.24, 2.45) is 0 Å². The number of rotatable bonds is 3. The summed E-state index contributed by atoms with van der Waals surface area (Å²) in [5, 5.41) is 0. The van der Waals surface area contributed by atoms with Crippen LogP contribution in [0.15, 0.2) is 51.6 Å². The Morgan fingerprint density at radius 2 is 1.67 bits per heavy atom. The minimum absolute atomic E-state index is 0.0776. The molecule has 2 aromatic rings. The summed E-state index contributed by atoms with van der Waals surface area (Å²) >= 11 is 3.21. The highest BCUT2D eigenvalue weighted by atomic mass is 79.9. The Labute approximate surface area is 165 Å². The summed E-state index contributed by atoms with van der Waals surface area (Å²) in [7, 11) is 0. The van der Waals surface area contributed by atoms with Crippen molar-refractivity contribution in [3.05, 3.63) is 58.5 Å². The molecule has 0 radical (unpaired) electrons. The summed E-state index contributed by atoms with van der Waals surface area (Å²) < 4.78 is 5.87. The second kappa shape index (κ2) is 7.84. The molecule has 27 heavy (non-hydrogen) atoms. The standard InChI is InChI=1S/C19H21BrN4O3/c20-17-7-6-16(27-17)19(26)24-10-8-23(9-11-24)18(25)15-12-14(21-22-15)13-4-2-1-3-5-13/h1-7,14-15,21-22H,8-12H2. The van der Waals surface area contributed by atoms with Crippen LogP contribution in [-0.4, -0.2) is 53.8 Å². The third-order valence-corrected chi connectivity index (χ3v) is 5.49. The molecule has 2 aliphatic rings. The predicted octanol–water partition coefficient (Wildman–Crippen LogP) is 1.93. The number of hydrogen-bond donors (Lipinski definition) is 2. The highest BCUT2D eigenvalue weighted by Gasteiger charge is 2.34. The van der Waals surface area contributed by atoms with E-state index in [-0.39, 0.29) is 23.9 Å². The van der Waals surface area contributed by atoms with E-state index >= 15 is 0 Å². The van der Waals surface area contributed by atoms with E-state index in [9.17, 15) is 9.59 Å². The molecule has 4 rings (SSSR count). The lowest BCUT2D eigenvalue weighted by Crippen LogP contribution is -2.54. The number of halogens is 1. The van der Waals surface area contributed by atoms with Crippen LogP contribution < -0.4 is 10.9 Å². The Kier molecular flexibility index (Phi) is 5.29. The predicted molar refractivity (Wildman–Crippen MR) is 103 cm³/mol. The number of carbonyl (C=O) groups is 2. The number of hydrogen-bond acceptors (Lipinski definition) is 5. The second-order valence-electron chi connectivity index (χ2n) is 6.76. The first-order valence-electron chi connectivity index (χ1n) is 9.01. The molecule has 2 atom stereocenters. The van der Waals surface area contributed by atoms with Gasteiger partial charge in [-0.1, -0.05) is 30.3 Å². The Bertz CT molecular complexity index is 817. The lowest BCUT2D eigenvalue weighted by molar-refractivity contribution is -0.134. The van der Waals surface area contributed by atoms with Crippen molar-refractivity contribution in [3.63, 3.8) is 0 Å². The first kappa shape index (κ1) is 18.2. The van der Waals surface area contributed by atoms with Crippen LogP contribution in [0.25, 0.3) is 0 Å². The summed E-state index contributed by atoms with van der Waals surface area (Å²) in [6, 6.07) is 13.3. The van der Waals surface area contributed by atoms with Gasteiger partial charge >= 0.3 is 0 Å². The minimum atomic E-state index is -0.251. The molecule has 2 unspecified atom stereocenters. The average molecular weight is 433 g/mol. The van der Waals surface area contributed by atoms with Crippen LogP contribution in [0.2, 0.25) is 0 Å². The number of nitrogens with zero attached hydrogens (tertiary/aromatic N) is 2. The fourth-order valence-corrected chi connectivity index (χ4v) is 3.86. The van der Waals surface area contributed by atoms with Gasteiger partial charge in [0.05, 0.1) is 0 Å². The Hall–Kier alpha value is -2.16. The van der Waals surface area contributed by atoms with E-state index in [1.807, 2.05) is 23.1 Å². The van der Waals surface area contributed by atoms with E-state index in [4.69, 9.17) is 4.42 Å². The number of piperazine rings is 1. The van der Waals surface area contributed by atoms with Gasteiger partial charge in [0.1, 0.15) is 6.04 Å². The summed E-state index contributed by atoms with van der Waals surface area (Å²) in [4.78, 5) is 28.8. The van der Waals surface area contributed by atoms with Gasteiger partial charge in [0.15, 0.2) is 10.4 Å². The van der Waals surface area contributed by atoms with E-state index in [0.29, 0.717) is 43.0 Å². The molecule has 1 aromatic heterocycles. The van der Waals surface area contributed by atoms with Crippen LogP contribution in [0.3, 0.4) is 0 Å². The Morgan fingerprint density at radius 3 is 2.33 bits per heavy atom. The molecule has 2 N–H and O–H groups in total. The molecule has 2 fully saturated rings. The number of furan rings is 1. The van der Waals surface area contributed by atoms with Crippen molar-refractivity contribution in [2.75, 3.05) is 26.2 Å². The second-order valence-corrected chi connectivity index (χ2v) is 7.54. The molecule has 1 aromatic carbocycles. The first-order valence-corrected chi connectivity index (χ1v) is 9.80. The van der Waals surface area contributed by atoms with Gasteiger partial charge in [-0.3, -0.25) is 9.59 Å². The van der Waals surface area contributed by atoms with E-state index in [1.54, 1.807) is 17.0 Å². The van der Waals surface area contributed by atoms with Crippen molar-refractivity contribution in [1.82, 2.24) is 20.7 Å². The average Bonchev–Trinajstić information content (AvgIpc) is 3.37. The molecule has 7 nitrogen and oxygen atoms in total. The minimum Gasteiger partial charge on any atom is -0.444 e. The van der Waals surface area contributed by atoms with Gasteiger partial charge in [0.2, 0.25) is 5.91 Å². The molecular formula is C19H21BrN4O3. The zero-order chi connectivity index (χ0) is 18.8. The van der Waals surface area contributed by atoms with Crippen LogP contribution >= 0.6 is 15.9 Å². The van der Waals surface area contributed by atoms with E-state index < -0.39 is 0 Å². The molecule has 142 valence electrons. The fraction of sp³-hybridized carbons (Fsp3) is 0.368. The van der Waals surface area contributed by atoms with E-state index in [0.717, 1.165) is 0 Å². The number of nitrogens with one attached hydrogen (secondary N) is 2. The molecule has 0 saturated carbocycles. The maximum absolute atomic E-state index is 12.8. The van der Waals surface area contributed by atoms with Crippen molar-refractivity contribution >= 4 is 27.7 Å². The summed E-state index contributed by atoms with van der Waals surface area (Å²) in [5.74, 6) is 0.250. The van der Waals surface area contributed by atoms with Crippen molar-refractivity contribution in [3.8, 4) is 0 Å². The van der Waals surface area contributed by atoms with Crippen LogP contribution in [0.4, 0.5) is 0 Å². The third-order valence-electron chi connectivity index (χ3n) is 5.07. The van der Waals surface area contributed by atoms with Crippen LogP contribution in [-0.2, 0) is 4.79 Å². The van der Waals surface area contributed by atoms with Crippen LogP contribution in [0, 0.1) is 0 Å². The smallest absolute Gasteiger partial charge is 0.289 e. The number of amides is 2. The lowest BCUT2D eigenvalue weighted by atomic mass is 10.0. The zero-order valence-corrected chi connectivity index (χ0v) is 16.3. The van der Waals surface area contributed by atoms with Gasteiger partial charge in [-0.15, -0.1) is 0 Å². The van der Waals surface area contributed by atoms with Gasteiger partial charge in [0, 0.05) is 32.2 Å². The third kappa shape index (κ3) is 3.92. The quantitative estimate of drug-likeness (QED) is 0.774. The Balaban J connectivity index is 1.31. The van der Waals surface area contributed by atoms with Gasteiger partial charge in [-0.05, 0) is 40.0 Å². The highest BCUT2D eigenvalue weighted by molar-refractivity contribution is 9.10. The Morgan fingerprint density at radius 1 is 0.963 bits per heavy atom. The normalized spacial score (nSPS) is 22.9. The zero-order valence-electron chi connectivity index (χ0n) is 14.7. The van der Waals surface area contributed by atoms with Crippen LogP contribution in [0.5, 0.6) is 0 Å². The largest absolute Gasteiger partial charge is 0.444 e. The van der Waals surface area contributed by atoms with Crippen molar-refractivity contribution in [1.29, 1.82) is 0 Å². The van der Waals surface area contributed by atoms with Crippen LogP contribution in [0.1, 0.15) is 28.6 Å². The lowest BCUT2D eigenvalue weighted by Gasteiger charge is -2.35. The monoisotopic (exact) mass is 432 g/mol. The van der Waals surface area contributed by atoms with E-state index in [1.165, 1.54) is 5.56 Å². The molecule has 0 spiro atoms. The maximum Gasteiger partial charge on any atom is 0.289 e. The SMILES string of the molecule is O=C(c1ccc(Br)o1)N1CCN(C(=O)C2CC(c3ccccc3)NN2)CC1. The highest BCUT2D eigenvalue weighted by Crippen LogP contribution is 2.23. The molecule has 2 aliphatic heterocycles. The summed E-state index contributed by atoms with van der Waals surface area (Å²) in [5.41, 5.74) is 7.50. The maximum atomic E-state index is 12.8. The molecular weight excluding hydrogens is 412 g/mol. The molecule has 2 saturated heterocycles. The summed E-state index contributed by atoms with van der Waals surface area (Å²) in [6.45, 7) is 2.07. The number of carbonyl (C=O) groups excluding carboxylic acids is 2.